The molecule has 3 N–H and O–H groups in total. The minimum Gasteiger partial charge on any atom is -0.387 e. The fourth-order valence-corrected chi connectivity index (χ4v) is 1.20. The predicted molar refractivity (Wildman–Crippen MR) is 49.6 cm³/mol. The highest BCUT2D eigenvalue weighted by atomic mass is 19.2. The molecule has 1 aromatic carbocycles. The Bertz CT molecular complexity index is 317. The molecule has 0 bridgehead atoms. The fourth-order valence-electron chi connectivity index (χ4n) is 1.20. The maximum atomic E-state index is 13.2. The molecular formula is C10H13F2NO. The Balaban J connectivity index is 3.01. The normalized spacial score (nSPS) is 15.2. The number of benzene rings is 1. The first kappa shape index (κ1) is 11.1. The summed E-state index contributed by atoms with van der Waals surface area (Å²) in [7, 11) is 0. The third-order valence-corrected chi connectivity index (χ3v) is 2.18. The van der Waals surface area contributed by atoms with E-state index in [4.69, 9.17) is 5.73 Å². The second-order valence-corrected chi connectivity index (χ2v) is 3.16. The van der Waals surface area contributed by atoms with Crippen LogP contribution in [0.25, 0.3) is 0 Å². The van der Waals surface area contributed by atoms with Gasteiger partial charge < -0.3 is 10.8 Å². The number of nitrogens with two attached hydrogens (primary N) is 1. The lowest BCUT2D eigenvalue weighted by atomic mass is 10.0. The smallest absolute Gasteiger partial charge is 0.164 e. The summed E-state index contributed by atoms with van der Waals surface area (Å²) in [5, 5.41) is 9.56. The van der Waals surface area contributed by atoms with Gasteiger partial charge in [0, 0.05) is 11.6 Å². The Morgan fingerprint density at radius 3 is 2.64 bits per heavy atom. The molecule has 0 saturated heterocycles. The first-order valence-corrected chi connectivity index (χ1v) is 4.45. The number of hydrogen-bond acceptors (Lipinski definition) is 2. The molecule has 0 radical (unpaired) electrons. The third-order valence-electron chi connectivity index (χ3n) is 2.18. The van der Waals surface area contributed by atoms with Gasteiger partial charge in [-0.3, -0.25) is 0 Å². The van der Waals surface area contributed by atoms with E-state index in [9.17, 15) is 13.9 Å². The van der Waals surface area contributed by atoms with Gasteiger partial charge in [0.05, 0.1) is 6.10 Å². The molecule has 0 saturated carbocycles. The van der Waals surface area contributed by atoms with Crippen molar-refractivity contribution in [3.05, 3.63) is 35.4 Å². The van der Waals surface area contributed by atoms with Crippen molar-refractivity contribution in [2.75, 3.05) is 0 Å². The Morgan fingerprint density at radius 2 is 2.07 bits per heavy atom. The first-order chi connectivity index (χ1) is 6.57. The van der Waals surface area contributed by atoms with Crippen LogP contribution in [0.4, 0.5) is 8.78 Å². The Labute approximate surface area is 81.4 Å². The molecule has 14 heavy (non-hydrogen) atoms. The van der Waals surface area contributed by atoms with Gasteiger partial charge in [0.15, 0.2) is 11.6 Å². The zero-order valence-corrected chi connectivity index (χ0v) is 7.87. The number of hydrogen-bond donors (Lipinski definition) is 2. The molecule has 0 amide bonds. The van der Waals surface area contributed by atoms with Crippen molar-refractivity contribution in [2.24, 2.45) is 5.73 Å². The molecule has 2 unspecified atom stereocenters. The topological polar surface area (TPSA) is 46.2 Å². The van der Waals surface area contributed by atoms with Crippen LogP contribution in [0.1, 0.15) is 25.0 Å². The molecule has 0 spiro atoms. The van der Waals surface area contributed by atoms with Gasteiger partial charge in [-0.25, -0.2) is 8.78 Å². The molecule has 0 aliphatic rings. The lowest BCUT2D eigenvalue weighted by Gasteiger charge is -2.17. The lowest BCUT2D eigenvalue weighted by molar-refractivity contribution is 0.139. The minimum absolute atomic E-state index is 0.0839. The third kappa shape index (κ3) is 2.08. The van der Waals surface area contributed by atoms with Crippen molar-refractivity contribution in [3.8, 4) is 0 Å². The van der Waals surface area contributed by atoms with Gasteiger partial charge in [0.1, 0.15) is 0 Å². The molecule has 4 heteroatoms. The Kier molecular flexibility index (Phi) is 3.55. The summed E-state index contributed by atoms with van der Waals surface area (Å²) in [6.07, 6.45) is -0.660. The maximum absolute atomic E-state index is 13.2. The standard InChI is InChI=1S/C10H13F2NO/c1-2-8(13)10(14)6-4-3-5-7(11)9(6)12/h3-5,8,10,14H,2,13H2,1H3. The summed E-state index contributed by atoms with van der Waals surface area (Å²) in [6, 6.07) is 3.10. The van der Waals surface area contributed by atoms with Crippen LogP contribution in [0.15, 0.2) is 18.2 Å². The molecule has 1 aromatic rings. The molecule has 0 heterocycles. The van der Waals surface area contributed by atoms with Gasteiger partial charge in [-0.2, -0.15) is 0 Å². The van der Waals surface area contributed by atoms with Crippen LogP contribution in [-0.2, 0) is 0 Å². The van der Waals surface area contributed by atoms with E-state index in [1.54, 1.807) is 6.92 Å². The highest BCUT2D eigenvalue weighted by Crippen LogP contribution is 2.22. The molecular weight excluding hydrogens is 188 g/mol. The largest absolute Gasteiger partial charge is 0.387 e. The Morgan fingerprint density at radius 1 is 1.43 bits per heavy atom. The molecule has 2 nitrogen and oxygen atoms in total. The van der Waals surface area contributed by atoms with Crippen LogP contribution < -0.4 is 5.73 Å². The molecule has 0 fully saturated rings. The van der Waals surface area contributed by atoms with Crippen LogP contribution in [-0.4, -0.2) is 11.1 Å². The second-order valence-electron chi connectivity index (χ2n) is 3.16. The highest BCUT2D eigenvalue weighted by molar-refractivity contribution is 5.22. The first-order valence-electron chi connectivity index (χ1n) is 4.45. The van der Waals surface area contributed by atoms with E-state index in [0.29, 0.717) is 6.42 Å². The van der Waals surface area contributed by atoms with Crippen LogP contribution >= 0.6 is 0 Å². The number of rotatable bonds is 3. The van der Waals surface area contributed by atoms with Gasteiger partial charge in [-0.1, -0.05) is 19.1 Å². The van der Waals surface area contributed by atoms with E-state index >= 15 is 0 Å². The van der Waals surface area contributed by atoms with Crippen LogP contribution in [0.2, 0.25) is 0 Å². The molecule has 78 valence electrons. The summed E-state index contributed by atoms with van der Waals surface area (Å²) in [5.41, 5.74) is 5.44. The van der Waals surface area contributed by atoms with E-state index in [0.717, 1.165) is 6.07 Å². The fraction of sp³-hybridized carbons (Fsp3) is 0.400. The number of halogens is 2. The van der Waals surface area contributed by atoms with E-state index < -0.39 is 23.8 Å². The van der Waals surface area contributed by atoms with Crippen molar-refractivity contribution in [1.82, 2.24) is 0 Å². The van der Waals surface area contributed by atoms with E-state index in [-0.39, 0.29) is 5.56 Å². The summed E-state index contributed by atoms with van der Waals surface area (Å²) < 4.78 is 25.9. The van der Waals surface area contributed by atoms with Crippen molar-refractivity contribution in [2.45, 2.75) is 25.5 Å². The average molecular weight is 201 g/mol. The highest BCUT2D eigenvalue weighted by Gasteiger charge is 2.20. The van der Waals surface area contributed by atoms with Gasteiger partial charge >= 0.3 is 0 Å². The quantitative estimate of drug-likeness (QED) is 0.782. The number of aliphatic hydroxyl groups excluding tert-OH is 1. The molecule has 1 rings (SSSR count). The van der Waals surface area contributed by atoms with Crippen LogP contribution in [0.5, 0.6) is 0 Å². The van der Waals surface area contributed by atoms with Crippen LogP contribution in [0, 0.1) is 11.6 Å². The van der Waals surface area contributed by atoms with Gasteiger partial charge in [0.25, 0.3) is 0 Å². The van der Waals surface area contributed by atoms with E-state index in [1.165, 1.54) is 12.1 Å². The second kappa shape index (κ2) is 4.48. The van der Waals surface area contributed by atoms with E-state index in [1.807, 2.05) is 0 Å². The van der Waals surface area contributed by atoms with Gasteiger partial charge in [0.2, 0.25) is 0 Å². The minimum atomic E-state index is -1.16. The van der Waals surface area contributed by atoms with E-state index in [2.05, 4.69) is 0 Å². The average Bonchev–Trinajstić information content (AvgIpc) is 2.20. The van der Waals surface area contributed by atoms with Crippen LogP contribution in [0.3, 0.4) is 0 Å². The van der Waals surface area contributed by atoms with Crippen molar-refractivity contribution < 1.29 is 13.9 Å². The number of aliphatic hydroxyl groups is 1. The lowest BCUT2D eigenvalue weighted by Crippen LogP contribution is -2.28. The van der Waals surface area contributed by atoms with Gasteiger partial charge in [-0.15, -0.1) is 0 Å². The summed E-state index contributed by atoms with van der Waals surface area (Å²) in [6.45, 7) is 1.77. The molecule has 2 atom stereocenters. The zero-order valence-electron chi connectivity index (χ0n) is 7.87. The van der Waals surface area contributed by atoms with Crippen molar-refractivity contribution in [1.29, 1.82) is 0 Å². The maximum Gasteiger partial charge on any atom is 0.164 e. The zero-order chi connectivity index (χ0) is 10.7. The molecule has 0 aliphatic carbocycles. The summed E-state index contributed by atoms with van der Waals surface area (Å²) >= 11 is 0. The molecule has 0 aromatic heterocycles. The van der Waals surface area contributed by atoms with Gasteiger partial charge in [-0.05, 0) is 12.5 Å². The SMILES string of the molecule is CCC(N)C(O)c1cccc(F)c1F. The van der Waals surface area contributed by atoms with Crippen molar-refractivity contribution >= 4 is 0 Å². The van der Waals surface area contributed by atoms with Crippen molar-refractivity contribution in [3.63, 3.8) is 0 Å². The predicted octanol–water partition coefficient (Wildman–Crippen LogP) is 1.74. The Hall–Kier alpha value is -1.00. The molecule has 0 aliphatic heterocycles. The summed E-state index contributed by atoms with van der Waals surface area (Å²) in [4.78, 5) is 0. The monoisotopic (exact) mass is 201 g/mol. The summed E-state index contributed by atoms with van der Waals surface area (Å²) in [5.74, 6) is -1.99.